The number of hydrogen-bond acceptors (Lipinski definition) is 4. The van der Waals surface area contributed by atoms with Crippen molar-refractivity contribution in [1.82, 2.24) is 29.2 Å². The van der Waals surface area contributed by atoms with E-state index in [-0.39, 0.29) is 11.9 Å². The van der Waals surface area contributed by atoms with Gasteiger partial charge in [0.1, 0.15) is 5.82 Å². The summed E-state index contributed by atoms with van der Waals surface area (Å²) in [5, 5.41) is 4.47. The summed E-state index contributed by atoms with van der Waals surface area (Å²) >= 11 is 0. The number of rotatable bonds is 6. The van der Waals surface area contributed by atoms with Crippen molar-refractivity contribution in [1.29, 1.82) is 0 Å². The van der Waals surface area contributed by atoms with Crippen molar-refractivity contribution in [2.75, 3.05) is 6.54 Å². The van der Waals surface area contributed by atoms with Crippen molar-refractivity contribution < 1.29 is 4.79 Å². The molecule has 0 spiro atoms. The van der Waals surface area contributed by atoms with Crippen LogP contribution in [0.25, 0.3) is 0 Å². The second kappa shape index (κ2) is 8.19. The average molecular weight is 393 g/mol. The zero-order valence-electron chi connectivity index (χ0n) is 17.4. The monoisotopic (exact) mass is 392 g/mol. The maximum absolute atomic E-state index is 13.0. The zero-order valence-corrected chi connectivity index (χ0v) is 17.4. The molecule has 3 aromatic heterocycles. The maximum atomic E-state index is 13.0. The smallest absolute Gasteiger partial charge is 0.225 e. The highest BCUT2D eigenvalue weighted by atomic mass is 16.2. The molecule has 0 radical (unpaired) electrons. The lowest BCUT2D eigenvalue weighted by Crippen LogP contribution is -2.33. The Morgan fingerprint density at radius 1 is 1.17 bits per heavy atom. The summed E-state index contributed by atoms with van der Waals surface area (Å²) in [6, 6.07) is 6.13. The number of nitrogens with zero attached hydrogens (tertiary/aromatic N) is 6. The van der Waals surface area contributed by atoms with Gasteiger partial charge in [0.2, 0.25) is 5.91 Å². The molecule has 1 aliphatic heterocycles. The number of aryl methyl sites for hydroxylation is 4. The predicted molar refractivity (Wildman–Crippen MR) is 110 cm³/mol. The number of pyridine rings is 1. The van der Waals surface area contributed by atoms with Crippen LogP contribution in [0.3, 0.4) is 0 Å². The van der Waals surface area contributed by atoms with Crippen LogP contribution in [0.5, 0.6) is 0 Å². The molecular weight excluding hydrogens is 364 g/mol. The highest BCUT2D eigenvalue weighted by Gasteiger charge is 2.33. The predicted octanol–water partition coefficient (Wildman–Crippen LogP) is 3.20. The van der Waals surface area contributed by atoms with Gasteiger partial charge in [-0.05, 0) is 57.4 Å². The number of amides is 1. The van der Waals surface area contributed by atoms with E-state index in [0.29, 0.717) is 13.0 Å². The summed E-state index contributed by atoms with van der Waals surface area (Å²) in [5.74, 6) is 1.16. The van der Waals surface area contributed by atoms with Crippen molar-refractivity contribution in [3.05, 3.63) is 65.3 Å². The molecule has 0 saturated carbocycles. The molecule has 1 saturated heterocycles. The lowest BCUT2D eigenvalue weighted by Gasteiger charge is -2.25. The van der Waals surface area contributed by atoms with Gasteiger partial charge in [0.15, 0.2) is 0 Å². The molecular formula is C22H28N6O. The van der Waals surface area contributed by atoms with Gasteiger partial charge in [-0.25, -0.2) is 4.98 Å². The Kier molecular flexibility index (Phi) is 5.47. The van der Waals surface area contributed by atoms with E-state index in [9.17, 15) is 4.79 Å². The summed E-state index contributed by atoms with van der Waals surface area (Å²) in [6.07, 6.45) is 7.96. The fourth-order valence-electron chi connectivity index (χ4n) is 4.20. The van der Waals surface area contributed by atoms with E-state index in [4.69, 9.17) is 4.98 Å². The quantitative estimate of drug-likeness (QED) is 0.646. The largest absolute Gasteiger partial charge is 0.332 e. The Bertz CT molecular complexity index is 990. The molecule has 1 unspecified atom stereocenters. The van der Waals surface area contributed by atoms with Crippen molar-refractivity contribution >= 4 is 5.91 Å². The van der Waals surface area contributed by atoms with Crippen LogP contribution >= 0.6 is 0 Å². The molecule has 4 heterocycles. The van der Waals surface area contributed by atoms with Gasteiger partial charge in [-0.2, -0.15) is 5.10 Å². The SMILES string of the molecule is Cc1cc(C)n(CCC(=O)N2CCCC2c2ncc(C)n2Cc2ccncc2)n1. The van der Waals surface area contributed by atoms with Gasteiger partial charge in [-0.15, -0.1) is 0 Å². The molecule has 3 aromatic rings. The number of aromatic nitrogens is 5. The van der Waals surface area contributed by atoms with Crippen molar-refractivity contribution in [2.45, 2.75) is 59.2 Å². The topological polar surface area (TPSA) is 68.8 Å². The van der Waals surface area contributed by atoms with Crippen LogP contribution in [0.1, 0.15) is 53.8 Å². The van der Waals surface area contributed by atoms with Gasteiger partial charge < -0.3 is 9.47 Å². The van der Waals surface area contributed by atoms with E-state index in [1.54, 1.807) is 0 Å². The molecule has 0 N–H and O–H groups in total. The van der Waals surface area contributed by atoms with Crippen LogP contribution < -0.4 is 0 Å². The number of carbonyl (C=O) groups excluding carboxylic acids is 1. The van der Waals surface area contributed by atoms with E-state index in [1.807, 2.05) is 60.2 Å². The highest BCUT2D eigenvalue weighted by molar-refractivity contribution is 5.76. The molecule has 1 amide bonds. The van der Waals surface area contributed by atoms with Gasteiger partial charge in [-0.1, -0.05) is 0 Å². The first-order valence-electron chi connectivity index (χ1n) is 10.2. The first kappa shape index (κ1) is 19.4. The molecule has 29 heavy (non-hydrogen) atoms. The maximum Gasteiger partial charge on any atom is 0.225 e. The van der Waals surface area contributed by atoms with Crippen LogP contribution in [0, 0.1) is 20.8 Å². The fraction of sp³-hybridized carbons (Fsp3) is 0.455. The minimum absolute atomic E-state index is 0.0403. The summed E-state index contributed by atoms with van der Waals surface area (Å²) in [5.41, 5.74) is 4.38. The van der Waals surface area contributed by atoms with Crippen LogP contribution in [-0.4, -0.2) is 41.7 Å². The normalized spacial score (nSPS) is 16.5. The molecule has 7 heteroatoms. The van der Waals surface area contributed by atoms with Crippen LogP contribution in [0.15, 0.2) is 36.8 Å². The van der Waals surface area contributed by atoms with Gasteiger partial charge in [-0.3, -0.25) is 14.5 Å². The summed E-state index contributed by atoms with van der Waals surface area (Å²) in [7, 11) is 0. The third-order valence-corrected chi connectivity index (χ3v) is 5.69. The number of imidazole rings is 1. The molecule has 152 valence electrons. The molecule has 0 aliphatic carbocycles. The lowest BCUT2D eigenvalue weighted by atomic mass is 10.2. The summed E-state index contributed by atoms with van der Waals surface area (Å²) < 4.78 is 4.15. The number of hydrogen-bond donors (Lipinski definition) is 0. The Morgan fingerprint density at radius 3 is 2.69 bits per heavy atom. The Morgan fingerprint density at radius 2 is 1.97 bits per heavy atom. The minimum atomic E-state index is 0.0403. The van der Waals surface area contributed by atoms with Gasteiger partial charge in [0, 0.05) is 56.0 Å². The Balaban J connectivity index is 1.50. The van der Waals surface area contributed by atoms with Crippen LogP contribution in [0.4, 0.5) is 0 Å². The van der Waals surface area contributed by atoms with Crippen molar-refractivity contribution in [3.63, 3.8) is 0 Å². The average Bonchev–Trinajstić information content (AvgIpc) is 3.40. The van der Waals surface area contributed by atoms with E-state index < -0.39 is 0 Å². The number of carbonyl (C=O) groups is 1. The molecule has 7 nitrogen and oxygen atoms in total. The van der Waals surface area contributed by atoms with Crippen molar-refractivity contribution in [2.24, 2.45) is 0 Å². The molecule has 1 aliphatic rings. The van der Waals surface area contributed by atoms with E-state index in [0.717, 1.165) is 48.8 Å². The van der Waals surface area contributed by atoms with Gasteiger partial charge >= 0.3 is 0 Å². The molecule has 0 aromatic carbocycles. The fourth-order valence-corrected chi connectivity index (χ4v) is 4.20. The van der Waals surface area contributed by atoms with Gasteiger partial charge in [0.25, 0.3) is 0 Å². The minimum Gasteiger partial charge on any atom is -0.332 e. The first-order chi connectivity index (χ1) is 14.0. The summed E-state index contributed by atoms with van der Waals surface area (Å²) in [4.78, 5) is 23.8. The van der Waals surface area contributed by atoms with E-state index in [2.05, 4.69) is 21.6 Å². The van der Waals surface area contributed by atoms with E-state index >= 15 is 0 Å². The summed E-state index contributed by atoms with van der Waals surface area (Å²) in [6.45, 7) is 8.23. The first-order valence-corrected chi connectivity index (χ1v) is 10.2. The third-order valence-electron chi connectivity index (χ3n) is 5.69. The standard InChI is InChI=1S/C22H28N6O/c1-16-13-17(2)28(25-16)12-8-21(29)26-11-4-5-20(26)22-24-14-18(3)27(22)15-19-6-9-23-10-7-19/h6-7,9-10,13-14,20H,4-5,8,11-12,15H2,1-3H3. The lowest BCUT2D eigenvalue weighted by molar-refractivity contribution is -0.132. The Hall–Kier alpha value is -2.96. The molecule has 0 bridgehead atoms. The molecule has 1 fully saturated rings. The molecule has 4 rings (SSSR count). The number of likely N-dealkylation sites (tertiary alicyclic amines) is 1. The zero-order chi connectivity index (χ0) is 20.4. The Labute approximate surface area is 171 Å². The second-order valence-electron chi connectivity index (χ2n) is 7.84. The highest BCUT2D eigenvalue weighted by Crippen LogP contribution is 2.32. The third kappa shape index (κ3) is 4.09. The van der Waals surface area contributed by atoms with Crippen LogP contribution in [0.2, 0.25) is 0 Å². The van der Waals surface area contributed by atoms with Crippen LogP contribution in [-0.2, 0) is 17.9 Å². The van der Waals surface area contributed by atoms with Crippen molar-refractivity contribution in [3.8, 4) is 0 Å². The van der Waals surface area contributed by atoms with E-state index in [1.165, 1.54) is 5.56 Å². The molecule has 1 atom stereocenters. The van der Waals surface area contributed by atoms with Gasteiger partial charge in [0.05, 0.1) is 11.7 Å². The second-order valence-corrected chi connectivity index (χ2v) is 7.84.